The zero-order valence-electron chi connectivity index (χ0n) is 11.0. The minimum Gasteiger partial charge on any atom is -0.478 e. The maximum absolute atomic E-state index is 12.1. The van der Waals surface area contributed by atoms with Crippen LogP contribution in [0.1, 0.15) is 31.8 Å². The molecular weight excluding hydrogens is 252 g/mol. The number of carbonyl (C=O) groups excluding carboxylic acids is 1. The Balaban J connectivity index is 2.30. The number of hydrogen-bond acceptors (Lipinski definition) is 2. The number of carboxylic acid groups (broad SMARTS) is 1. The van der Waals surface area contributed by atoms with Crippen LogP contribution in [-0.4, -0.2) is 16.9 Å². The Morgan fingerprint density at radius 1 is 1.00 bits per heavy atom. The quantitative estimate of drug-likeness (QED) is 0.679. The van der Waals surface area contributed by atoms with Crippen LogP contribution in [0.3, 0.4) is 0 Å². The molecule has 0 amide bonds. The molecule has 20 heavy (non-hydrogen) atoms. The molecule has 2 rings (SSSR count). The topological polar surface area (TPSA) is 54.4 Å². The van der Waals surface area contributed by atoms with E-state index in [1.165, 1.54) is 12.1 Å². The van der Waals surface area contributed by atoms with Gasteiger partial charge in [-0.1, -0.05) is 48.0 Å². The first-order valence-electron chi connectivity index (χ1n) is 6.19. The van der Waals surface area contributed by atoms with E-state index in [1.54, 1.807) is 25.1 Å². The van der Waals surface area contributed by atoms with Gasteiger partial charge in [0.2, 0.25) is 0 Å². The van der Waals surface area contributed by atoms with Gasteiger partial charge in [0.25, 0.3) is 0 Å². The van der Waals surface area contributed by atoms with Crippen molar-refractivity contribution in [3.63, 3.8) is 0 Å². The molecule has 0 saturated carbocycles. The molecule has 0 unspecified atom stereocenters. The average molecular weight is 266 g/mol. The third kappa shape index (κ3) is 3.20. The van der Waals surface area contributed by atoms with Crippen LogP contribution in [0.5, 0.6) is 0 Å². The van der Waals surface area contributed by atoms with Crippen LogP contribution in [0.4, 0.5) is 0 Å². The van der Waals surface area contributed by atoms with Gasteiger partial charge in [0, 0.05) is 5.56 Å². The molecule has 3 heteroatoms. The Hall–Kier alpha value is -2.68. The van der Waals surface area contributed by atoms with Gasteiger partial charge in [0.05, 0.1) is 5.56 Å². The molecule has 0 atom stereocenters. The summed E-state index contributed by atoms with van der Waals surface area (Å²) in [5.41, 5.74) is 1.94. The highest BCUT2D eigenvalue weighted by atomic mass is 16.4. The van der Waals surface area contributed by atoms with Crippen molar-refractivity contribution >= 4 is 17.8 Å². The van der Waals surface area contributed by atoms with Crippen molar-refractivity contribution < 1.29 is 14.7 Å². The fourth-order valence-corrected chi connectivity index (χ4v) is 1.88. The number of aryl methyl sites for hydroxylation is 1. The first-order valence-corrected chi connectivity index (χ1v) is 6.19. The van der Waals surface area contributed by atoms with Crippen LogP contribution < -0.4 is 0 Å². The van der Waals surface area contributed by atoms with Crippen LogP contribution in [0.15, 0.2) is 54.6 Å². The summed E-state index contributed by atoms with van der Waals surface area (Å²) in [5, 5.41) is 9.15. The fraction of sp³-hybridized carbons (Fsp3) is 0.0588. The van der Waals surface area contributed by atoms with Crippen LogP contribution in [0.25, 0.3) is 6.08 Å². The number of rotatable bonds is 4. The minimum absolute atomic E-state index is 0.0349. The van der Waals surface area contributed by atoms with Gasteiger partial charge in [-0.15, -0.1) is 0 Å². The number of carbonyl (C=O) groups is 2. The number of aromatic carboxylic acids is 1. The van der Waals surface area contributed by atoms with Crippen LogP contribution in [-0.2, 0) is 0 Å². The Morgan fingerprint density at radius 2 is 1.70 bits per heavy atom. The SMILES string of the molecule is Cc1ccc(C(=O)C=Cc2ccccc2)c(C(=O)O)c1. The summed E-state index contributed by atoms with van der Waals surface area (Å²) >= 11 is 0. The molecule has 0 spiro atoms. The lowest BCUT2D eigenvalue weighted by Gasteiger charge is -2.03. The standard InChI is InChI=1S/C17H14O3/c1-12-7-9-14(15(11-12)17(19)20)16(18)10-8-13-5-3-2-4-6-13/h2-11H,1H3,(H,19,20). The van der Waals surface area contributed by atoms with E-state index in [9.17, 15) is 9.59 Å². The van der Waals surface area contributed by atoms with E-state index in [1.807, 2.05) is 30.3 Å². The van der Waals surface area contributed by atoms with Gasteiger partial charge in [-0.05, 0) is 30.7 Å². The molecule has 0 heterocycles. The highest BCUT2D eigenvalue weighted by molar-refractivity contribution is 6.12. The Bertz CT molecular complexity index is 670. The normalized spacial score (nSPS) is 10.7. The summed E-state index contributed by atoms with van der Waals surface area (Å²) < 4.78 is 0. The number of ketones is 1. The molecule has 0 fully saturated rings. The molecular formula is C17H14O3. The van der Waals surface area contributed by atoms with E-state index >= 15 is 0 Å². The predicted molar refractivity (Wildman–Crippen MR) is 77.9 cm³/mol. The lowest BCUT2D eigenvalue weighted by molar-refractivity contribution is 0.0693. The highest BCUT2D eigenvalue weighted by Crippen LogP contribution is 2.14. The molecule has 0 saturated heterocycles. The van der Waals surface area contributed by atoms with E-state index in [4.69, 9.17) is 5.11 Å². The summed E-state index contributed by atoms with van der Waals surface area (Å²) in [6, 6.07) is 14.2. The van der Waals surface area contributed by atoms with Crippen LogP contribution >= 0.6 is 0 Å². The van der Waals surface area contributed by atoms with E-state index in [2.05, 4.69) is 0 Å². The summed E-state index contributed by atoms with van der Waals surface area (Å²) in [6.45, 7) is 1.79. The second-order valence-corrected chi connectivity index (χ2v) is 4.46. The number of benzene rings is 2. The number of allylic oxidation sites excluding steroid dienone is 1. The van der Waals surface area contributed by atoms with Gasteiger partial charge in [0.1, 0.15) is 0 Å². The lowest BCUT2D eigenvalue weighted by atomic mass is 10.0. The van der Waals surface area contributed by atoms with E-state index in [-0.39, 0.29) is 16.9 Å². The number of carboxylic acids is 1. The predicted octanol–water partition coefficient (Wildman–Crippen LogP) is 3.59. The average Bonchev–Trinajstić information content (AvgIpc) is 2.45. The summed E-state index contributed by atoms with van der Waals surface area (Å²) in [4.78, 5) is 23.3. The van der Waals surface area contributed by atoms with Gasteiger partial charge in [-0.3, -0.25) is 4.79 Å². The molecule has 3 nitrogen and oxygen atoms in total. The molecule has 100 valence electrons. The lowest BCUT2D eigenvalue weighted by Crippen LogP contribution is -2.07. The smallest absolute Gasteiger partial charge is 0.336 e. The van der Waals surface area contributed by atoms with Gasteiger partial charge in [0.15, 0.2) is 5.78 Å². The van der Waals surface area contributed by atoms with Crippen molar-refractivity contribution in [2.45, 2.75) is 6.92 Å². The van der Waals surface area contributed by atoms with Crippen molar-refractivity contribution in [1.29, 1.82) is 0 Å². The molecule has 0 aliphatic rings. The van der Waals surface area contributed by atoms with Crippen LogP contribution in [0, 0.1) is 6.92 Å². The van der Waals surface area contributed by atoms with Gasteiger partial charge >= 0.3 is 5.97 Å². The Morgan fingerprint density at radius 3 is 2.35 bits per heavy atom. The molecule has 2 aromatic rings. The number of hydrogen-bond donors (Lipinski definition) is 1. The van der Waals surface area contributed by atoms with Crippen molar-refractivity contribution in [2.75, 3.05) is 0 Å². The molecule has 0 aromatic heterocycles. The maximum atomic E-state index is 12.1. The van der Waals surface area contributed by atoms with E-state index < -0.39 is 5.97 Å². The van der Waals surface area contributed by atoms with Crippen molar-refractivity contribution in [1.82, 2.24) is 0 Å². The summed E-state index contributed by atoms with van der Waals surface area (Å²) in [6.07, 6.45) is 3.07. The molecule has 0 bridgehead atoms. The largest absolute Gasteiger partial charge is 0.478 e. The highest BCUT2D eigenvalue weighted by Gasteiger charge is 2.14. The van der Waals surface area contributed by atoms with Crippen molar-refractivity contribution in [3.05, 3.63) is 76.9 Å². The zero-order valence-corrected chi connectivity index (χ0v) is 11.0. The molecule has 0 aliphatic carbocycles. The third-order valence-corrected chi connectivity index (χ3v) is 2.90. The first kappa shape index (κ1) is 13.7. The van der Waals surface area contributed by atoms with Crippen molar-refractivity contribution in [3.8, 4) is 0 Å². The monoisotopic (exact) mass is 266 g/mol. The van der Waals surface area contributed by atoms with Crippen molar-refractivity contribution in [2.24, 2.45) is 0 Å². The second-order valence-electron chi connectivity index (χ2n) is 4.46. The maximum Gasteiger partial charge on any atom is 0.336 e. The summed E-state index contributed by atoms with van der Waals surface area (Å²) in [7, 11) is 0. The Kier molecular flexibility index (Phi) is 4.11. The Labute approximate surface area is 117 Å². The van der Waals surface area contributed by atoms with Crippen LogP contribution in [0.2, 0.25) is 0 Å². The molecule has 2 aromatic carbocycles. The molecule has 1 N–H and O–H groups in total. The van der Waals surface area contributed by atoms with Gasteiger partial charge < -0.3 is 5.11 Å². The summed E-state index contributed by atoms with van der Waals surface area (Å²) in [5.74, 6) is -1.41. The molecule has 0 radical (unpaired) electrons. The minimum atomic E-state index is -1.09. The third-order valence-electron chi connectivity index (χ3n) is 2.90. The second kappa shape index (κ2) is 5.97. The van der Waals surface area contributed by atoms with E-state index in [0.717, 1.165) is 11.1 Å². The fourth-order valence-electron chi connectivity index (χ4n) is 1.88. The van der Waals surface area contributed by atoms with Gasteiger partial charge in [-0.25, -0.2) is 4.79 Å². The first-order chi connectivity index (χ1) is 9.58. The molecule has 0 aliphatic heterocycles. The van der Waals surface area contributed by atoms with Gasteiger partial charge in [-0.2, -0.15) is 0 Å². The zero-order chi connectivity index (χ0) is 14.5. The van der Waals surface area contributed by atoms with E-state index in [0.29, 0.717) is 0 Å².